The van der Waals surface area contributed by atoms with Crippen LogP contribution in [0.25, 0.3) is 22.6 Å². The van der Waals surface area contributed by atoms with Crippen molar-refractivity contribution in [3.05, 3.63) is 53.6 Å². The van der Waals surface area contributed by atoms with Crippen LogP contribution in [-0.4, -0.2) is 21.0 Å². The third-order valence-corrected chi connectivity index (χ3v) is 4.58. The zero-order chi connectivity index (χ0) is 21.2. The van der Waals surface area contributed by atoms with Gasteiger partial charge in [0.15, 0.2) is 5.76 Å². The van der Waals surface area contributed by atoms with Crippen molar-refractivity contribution in [3.8, 4) is 22.6 Å². The molecule has 0 saturated carbocycles. The molecule has 0 saturated heterocycles. The molecule has 2 heterocycles. The first-order chi connectivity index (χ1) is 13.6. The van der Waals surface area contributed by atoms with Gasteiger partial charge in [0.2, 0.25) is 5.91 Å². The molecule has 3 aromatic rings. The monoisotopic (exact) mass is 392 g/mol. The minimum Gasteiger partial charge on any atom is -0.356 e. The van der Waals surface area contributed by atoms with E-state index >= 15 is 0 Å². The normalized spacial score (nSPS) is 11.7. The number of benzene rings is 1. The van der Waals surface area contributed by atoms with Crippen molar-refractivity contribution in [2.45, 2.75) is 54.0 Å². The molecule has 0 aliphatic rings. The Kier molecular flexibility index (Phi) is 5.82. The molecule has 1 aromatic carbocycles. The predicted molar refractivity (Wildman–Crippen MR) is 113 cm³/mol. The summed E-state index contributed by atoms with van der Waals surface area (Å²) >= 11 is 0. The van der Waals surface area contributed by atoms with Crippen LogP contribution in [0.15, 0.2) is 41.1 Å². The van der Waals surface area contributed by atoms with E-state index in [1.54, 1.807) is 6.20 Å². The molecular weight excluding hydrogens is 364 g/mol. The lowest BCUT2D eigenvalue weighted by molar-refractivity contribution is -0.128. The molecule has 6 heteroatoms. The highest BCUT2D eigenvalue weighted by atomic mass is 16.5. The summed E-state index contributed by atoms with van der Waals surface area (Å²) in [5, 5.41) is 6.96. The molecule has 6 nitrogen and oxygen atoms in total. The van der Waals surface area contributed by atoms with Gasteiger partial charge in [0.05, 0.1) is 17.0 Å². The Balaban J connectivity index is 1.91. The Labute approximate surface area is 171 Å². The number of aryl methyl sites for hydroxylation is 1. The maximum atomic E-state index is 12.1. The van der Waals surface area contributed by atoms with Gasteiger partial charge in [-0.05, 0) is 12.5 Å². The number of hydrogen-bond donors (Lipinski definition) is 1. The Bertz CT molecular complexity index is 998. The van der Waals surface area contributed by atoms with Gasteiger partial charge in [0, 0.05) is 35.7 Å². The van der Waals surface area contributed by atoms with Crippen molar-refractivity contribution in [2.24, 2.45) is 5.41 Å². The molecule has 29 heavy (non-hydrogen) atoms. The second kappa shape index (κ2) is 8.15. The average molecular weight is 393 g/mol. The van der Waals surface area contributed by atoms with Gasteiger partial charge < -0.3 is 9.84 Å². The van der Waals surface area contributed by atoms with Gasteiger partial charge >= 0.3 is 0 Å². The van der Waals surface area contributed by atoms with E-state index in [0.29, 0.717) is 12.3 Å². The van der Waals surface area contributed by atoms with E-state index in [4.69, 9.17) is 9.51 Å². The second-order valence-corrected chi connectivity index (χ2v) is 8.61. The first-order valence-corrected chi connectivity index (χ1v) is 9.83. The standard InChI is InChI=1S/C23H28N4O2/c1-14(2)21-24-13-18(19-11-15(3)27-29-19)20(26-21)17-9-7-16(8-10-17)12-25-22(28)23(4,5)6/h7-11,13-14H,12H2,1-6H3,(H,25,28). The highest BCUT2D eigenvalue weighted by Gasteiger charge is 2.20. The van der Waals surface area contributed by atoms with E-state index in [0.717, 1.165) is 33.9 Å². The van der Waals surface area contributed by atoms with Gasteiger partial charge in [-0.25, -0.2) is 9.97 Å². The molecule has 0 fully saturated rings. The molecule has 0 spiro atoms. The highest BCUT2D eigenvalue weighted by molar-refractivity contribution is 5.81. The lowest BCUT2D eigenvalue weighted by atomic mass is 9.95. The minimum absolute atomic E-state index is 0.0296. The fourth-order valence-corrected chi connectivity index (χ4v) is 2.79. The molecule has 0 aliphatic heterocycles. The highest BCUT2D eigenvalue weighted by Crippen LogP contribution is 2.31. The zero-order valence-corrected chi connectivity index (χ0v) is 17.9. The van der Waals surface area contributed by atoms with Gasteiger partial charge in [-0.1, -0.05) is 64.0 Å². The maximum absolute atomic E-state index is 12.1. The number of amides is 1. The van der Waals surface area contributed by atoms with Gasteiger partial charge in [0.1, 0.15) is 5.82 Å². The Morgan fingerprint density at radius 2 is 1.86 bits per heavy atom. The molecule has 152 valence electrons. The van der Waals surface area contributed by atoms with Crippen LogP contribution in [0.3, 0.4) is 0 Å². The fraction of sp³-hybridized carbons (Fsp3) is 0.391. The quantitative estimate of drug-likeness (QED) is 0.668. The Morgan fingerprint density at radius 3 is 2.41 bits per heavy atom. The lowest BCUT2D eigenvalue weighted by Crippen LogP contribution is -2.34. The SMILES string of the molecule is Cc1cc(-c2cnc(C(C)C)nc2-c2ccc(CNC(=O)C(C)(C)C)cc2)on1. The molecule has 3 rings (SSSR count). The van der Waals surface area contributed by atoms with Crippen molar-refractivity contribution in [2.75, 3.05) is 0 Å². The van der Waals surface area contributed by atoms with Crippen LogP contribution >= 0.6 is 0 Å². The Hall–Kier alpha value is -3.02. The molecule has 0 aliphatic carbocycles. The van der Waals surface area contributed by atoms with Crippen molar-refractivity contribution < 1.29 is 9.32 Å². The first-order valence-electron chi connectivity index (χ1n) is 9.83. The van der Waals surface area contributed by atoms with Crippen LogP contribution in [-0.2, 0) is 11.3 Å². The third kappa shape index (κ3) is 4.88. The summed E-state index contributed by atoms with van der Waals surface area (Å²) in [5.41, 5.74) is 4.02. The summed E-state index contributed by atoms with van der Waals surface area (Å²) < 4.78 is 5.46. The molecule has 0 atom stereocenters. The topological polar surface area (TPSA) is 80.9 Å². The molecule has 1 N–H and O–H groups in total. The fourth-order valence-electron chi connectivity index (χ4n) is 2.79. The number of carbonyl (C=O) groups excluding carboxylic acids is 1. The largest absolute Gasteiger partial charge is 0.356 e. The minimum atomic E-state index is -0.405. The number of hydrogen-bond acceptors (Lipinski definition) is 5. The van der Waals surface area contributed by atoms with Crippen molar-refractivity contribution in [1.82, 2.24) is 20.4 Å². The van der Waals surface area contributed by atoms with E-state index in [1.807, 2.05) is 58.0 Å². The summed E-state index contributed by atoms with van der Waals surface area (Å²) in [7, 11) is 0. The number of nitrogens with zero attached hydrogens (tertiary/aromatic N) is 3. The second-order valence-electron chi connectivity index (χ2n) is 8.61. The smallest absolute Gasteiger partial charge is 0.225 e. The van der Waals surface area contributed by atoms with Crippen molar-refractivity contribution >= 4 is 5.91 Å². The molecule has 1 amide bonds. The first kappa shape index (κ1) is 20.7. The van der Waals surface area contributed by atoms with Crippen LogP contribution in [0.2, 0.25) is 0 Å². The average Bonchev–Trinajstić information content (AvgIpc) is 3.11. The van der Waals surface area contributed by atoms with Crippen LogP contribution in [0.4, 0.5) is 0 Å². The van der Waals surface area contributed by atoms with E-state index in [9.17, 15) is 4.79 Å². The van der Waals surface area contributed by atoms with E-state index in [2.05, 4.69) is 29.3 Å². The van der Waals surface area contributed by atoms with Crippen molar-refractivity contribution in [1.29, 1.82) is 0 Å². The summed E-state index contributed by atoms with van der Waals surface area (Å²) in [6.45, 7) is 12.2. The van der Waals surface area contributed by atoms with Gasteiger partial charge in [-0.15, -0.1) is 0 Å². The Morgan fingerprint density at radius 1 is 1.17 bits per heavy atom. The number of nitrogens with one attached hydrogen (secondary N) is 1. The van der Waals surface area contributed by atoms with Crippen LogP contribution < -0.4 is 5.32 Å². The van der Waals surface area contributed by atoms with Crippen LogP contribution in [0.1, 0.15) is 57.6 Å². The number of rotatable bonds is 5. The van der Waals surface area contributed by atoms with E-state index in [1.165, 1.54) is 0 Å². The van der Waals surface area contributed by atoms with Gasteiger partial charge in [0.25, 0.3) is 0 Å². The predicted octanol–water partition coefficient (Wildman–Crippen LogP) is 4.89. The molecule has 2 aromatic heterocycles. The zero-order valence-electron chi connectivity index (χ0n) is 17.9. The summed E-state index contributed by atoms with van der Waals surface area (Å²) in [4.78, 5) is 21.4. The summed E-state index contributed by atoms with van der Waals surface area (Å²) in [6.07, 6.45) is 1.80. The third-order valence-electron chi connectivity index (χ3n) is 4.58. The van der Waals surface area contributed by atoms with Crippen LogP contribution in [0, 0.1) is 12.3 Å². The van der Waals surface area contributed by atoms with Crippen LogP contribution in [0.5, 0.6) is 0 Å². The molecular formula is C23H28N4O2. The molecule has 0 bridgehead atoms. The maximum Gasteiger partial charge on any atom is 0.225 e. The van der Waals surface area contributed by atoms with E-state index < -0.39 is 5.41 Å². The van der Waals surface area contributed by atoms with Crippen molar-refractivity contribution in [3.63, 3.8) is 0 Å². The molecule has 0 unspecified atom stereocenters. The lowest BCUT2D eigenvalue weighted by Gasteiger charge is -2.17. The summed E-state index contributed by atoms with van der Waals surface area (Å²) in [5.74, 6) is 1.67. The molecule has 0 radical (unpaired) electrons. The van der Waals surface area contributed by atoms with Gasteiger partial charge in [-0.2, -0.15) is 0 Å². The number of aromatic nitrogens is 3. The van der Waals surface area contributed by atoms with Gasteiger partial charge in [-0.3, -0.25) is 4.79 Å². The summed E-state index contributed by atoms with van der Waals surface area (Å²) in [6, 6.07) is 9.92. The number of carbonyl (C=O) groups is 1. The van der Waals surface area contributed by atoms with E-state index in [-0.39, 0.29) is 11.8 Å².